The van der Waals surface area contributed by atoms with Crippen LogP contribution in [0.5, 0.6) is 11.5 Å². The molecule has 3 nitrogen and oxygen atoms in total. The number of rotatable bonds is 1. The molecule has 0 aliphatic carbocycles. The molecule has 0 atom stereocenters. The van der Waals surface area contributed by atoms with E-state index in [0.717, 1.165) is 24.2 Å². The van der Waals surface area contributed by atoms with Crippen LogP contribution in [0.1, 0.15) is 31.9 Å². The van der Waals surface area contributed by atoms with Crippen molar-refractivity contribution in [3.63, 3.8) is 0 Å². The van der Waals surface area contributed by atoms with Gasteiger partial charge >= 0.3 is 0 Å². The topological polar surface area (TPSA) is 43.7 Å². The highest BCUT2D eigenvalue weighted by atomic mass is 16.3. The fourth-order valence-electron chi connectivity index (χ4n) is 2.98. The molecule has 3 heteroatoms. The number of nitrogens with zero attached hydrogens (tertiary/aromatic N) is 1. The highest BCUT2D eigenvalue weighted by molar-refractivity contribution is 5.75. The molecule has 3 rings (SSSR count). The molecule has 0 aromatic heterocycles. The fourth-order valence-corrected chi connectivity index (χ4v) is 2.98. The zero-order valence-corrected chi connectivity index (χ0v) is 12.7. The second-order valence-electron chi connectivity index (χ2n) is 6.64. The van der Waals surface area contributed by atoms with E-state index in [4.69, 9.17) is 0 Å². The number of phenolic OH excluding ortho intramolecular Hbond substituents is 2. The van der Waals surface area contributed by atoms with E-state index >= 15 is 0 Å². The number of hydrogen-bond acceptors (Lipinski definition) is 3. The first-order valence-electron chi connectivity index (χ1n) is 7.30. The standard InChI is InChI=1S/C18H21NO2/c1-18(2,3)13-10-16(20)17(21)11-15(13)19-9-8-12-6-4-5-7-14(12)19/h4-7,10-11,20-21H,8-9H2,1-3H3. The Balaban J connectivity index is 2.17. The van der Waals surface area contributed by atoms with Crippen LogP contribution in [0, 0.1) is 0 Å². The van der Waals surface area contributed by atoms with Gasteiger partial charge in [-0.3, -0.25) is 0 Å². The van der Waals surface area contributed by atoms with Gasteiger partial charge in [0.05, 0.1) is 0 Å². The zero-order chi connectivity index (χ0) is 15.2. The van der Waals surface area contributed by atoms with E-state index in [9.17, 15) is 10.2 Å². The van der Waals surface area contributed by atoms with Gasteiger partial charge in [-0.1, -0.05) is 39.0 Å². The lowest BCUT2D eigenvalue weighted by molar-refractivity contribution is 0.401. The number of hydrogen-bond donors (Lipinski definition) is 2. The Morgan fingerprint density at radius 3 is 2.33 bits per heavy atom. The highest BCUT2D eigenvalue weighted by Crippen LogP contribution is 2.44. The number of aromatic hydroxyl groups is 2. The first kappa shape index (κ1) is 13.8. The Labute approximate surface area is 125 Å². The monoisotopic (exact) mass is 283 g/mol. The number of fused-ring (bicyclic) bond motifs is 1. The van der Waals surface area contributed by atoms with Crippen LogP contribution in [-0.2, 0) is 11.8 Å². The van der Waals surface area contributed by atoms with E-state index in [0.29, 0.717) is 0 Å². The lowest BCUT2D eigenvalue weighted by Crippen LogP contribution is -2.20. The molecule has 0 amide bonds. The second kappa shape index (κ2) is 4.69. The van der Waals surface area contributed by atoms with Crippen molar-refractivity contribution in [2.45, 2.75) is 32.6 Å². The minimum atomic E-state index is -0.113. The van der Waals surface area contributed by atoms with Crippen LogP contribution in [0.4, 0.5) is 11.4 Å². The van der Waals surface area contributed by atoms with Gasteiger partial charge in [0.2, 0.25) is 0 Å². The summed E-state index contributed by atoms with van der Waals surface area (Å²) in [7, 11) is 0. The maximum absolute atomic E-state index is 9.92. The van der Waals surface area contributed by atoms with Gasteiger partial charge in [0, 0.05) is 24.0 Å². The van der Waals surface area contributed by atoms with Crippen molar-refractivity contribution in [3.05, 3.63) is 47.5 Å². The minimum absolute atomic E-state index is 0.0591. The van der Waals surface area contributed by atoms with Crippen molar-refractivity contribution < 1.29 is 10.2 Å². The van der Waals surface area contributed by atoms with Gasteiger partial charge in [-0.05, 0) is 35.1 Å². The van der Waals surface area contributed by atoms with Crippen LogP contribution >= 0.6 is 0 Å². The SMILES string of the molecule is CC(C)(C)c1cc(O)c(O)cc1N1CCc2ccccc21. The Morgan fingerprint density at radius 1 is 0.952 bits per heavy atom. The summed E-state index contributed by atoms with van der Waals surface area (Å²) in [6.45, 7) is 7.24. The van der Waals surface area contributed by atoms with Crippen molar-refractivity contribution in [3.8, 4) is 11.5 Å². The molecular weight excluding hydrogens is 262 g/mol. The van der Waals surface area contributed by atoms with Gasteiger partial charge < -0.3 is 15.1 Å². The van der Waals surface area contributed by atoms with Crippen LogP contribution in [0.25, 0.3) is 0 Å². The van der Waals surface area contributed by atoms with Crippen molar-refractivity contribution >= 4 is 11.4 Å². The molecule has 2 aromatic rings. The maximum atomic E-state index is 9.92. The molecule has 0 bridgehead atoms. The molecule has 2 aromatic carbocycles. The van der Waals surface area contributed by atoms with Crippen molar-refractivity contribution in [1.29, 1.82) is 0 Å². The van der Waals surface area contributed by atoms with E-state index in [-0.39, 0.29) is 16.9 Å². The van der Waals surface area contributed by atoms with Gasteiger partial charge in [-0.2, -0.15) is 0 Å². The lowest BCUT2D eigenvalue weighted by atomic mass is 9.85. The normalized spacial score (nSPS) is 14.3. The molecule has 110 valence electrons. The second-order valence-corrected chi connectivity index (χ2v) is 6.64. The van der Waals surface area contributed by atoms with Crippen LogP contribution in [0.3, 0.4) is 0 Å². The Morgan fingerprint density at radius 2 is 1.62 bits per heavy atom. The molecule has 2 N–H and O–H groups in total. The summed E-state index contributed by atoms with van der Waals surface area (Å²) in [5, 5.41) is 19.8. The number of phenols is 2. The fraction of sp³-hybridized carbons (Fsp3) is 0.333. The Hall–Kier alpha value is -2.16. The largest absolute Gasteiger partial charge is 0.504 e. The van der Waals surface area contributed by atoms with E-state index in [1.54, 1.807) is 12.1 Å². The van der Waals surface area contributed by atoms with E-state index in [1.807, 2.05) is 6.07 Å². The van der Waals surface area contributed by atoms with Crippen LogP contribution in [0.2, 0.25) is 0 Å². The summed E-state index contributed by atoms with van der Waals surface area (Å²) in [4.78, 5) is 2.23. The van der Waals surface area contributed by atoms with Gasteiger partial charge in [-0.25, -0.2) is 0 Å². The molecule has 0 fully saturated rings. The minimum Gasteiger partial charge on any atom is -0.504 e. The lowest BCUT2D eigenvalue weighted by Gasteiger charge is -2.29. The smallest absolute Gasteiger partial charge is 0.159 e. The first-order valence-corrected chi connectivity index (χ1v) is 7.30. The maximum Gasteiger partial charge on any atom is 0.159 e. The van der Waals surface area contributed by atoms with Gasteiger partial charge in [0.15, 0.2) is 11.5 Å². The molecule has 0 saturated carbocycles. The summed E-state index contributed by atoms with van der Waals surface area (Å²) < 4.78 is 0. The van der Waals surface area contributed by atoms with Gasteiger partial charge in [-0.15, -0.1) is 0 Å². The van der Waals surface area contributed by atoms with E-state index in [1.165, 1.54) is 11.3 Å². The van der Waals surface area contributed by atoms with Crippen molar-refractivity contribution in [1.82, 2.24) is 0 Å². The van der Waals surface area contributed by atoms with Crippen LogP contribution < -0.4 is 4.90 Å². The zero-order valence-electron chi connectivity index (χ0n) is 12.7. The third-order valence-corrected chi connectivity index (χ3v) is 4.08. The predicted molar refractivity (Wildman–Crippen MR) is 85.6 cm³/mol. The molecule has 1 heterocycles. The van der Waals surface area contributed by atoms with E-state index in [2.05, 4.69) is 43.9 Å². The third-order valence-electron chi connectivity index (χ3n) is 4.08. The van der Waals surface area contributed by atoms with Crippen molar-refractivity contribution in [2.75, 3.05) is 11.4 Å². The molecule has 0 spiro atoms. The molecular formula is C18H21NO2. The molecule has 1 aliphatic heterocycles. The first-order chi connectivity index (χ1) is 9.88. The summed E-state index contributed by atoms with van der Waals surface area (Å²) in [6.07, 6.45) is 1.00. The Kier molecular flexibility index (Phi) is 3.08. The highest BCUT2D eigenvalue weighted by Gasteiger charge is 2.27. The summed E-state index contributed by atoms with van der Waals surface area (Å²) >= 11 is 0. The molecule has 0 radical (unpaired) electrons. The van der Waals surface area contributed by atoms with Gasteiger partial charge in [0.1, 0.15) is 0 Å². The quantitative estimate of drug-likeness (QED) is 0.775. The van der Waals surface area contributed by atoms with Crippen LogP contribution in [-0.4, -0.2) is 16.8 Å². The third kappa shape index (κ3) is 2.33. The predicted octanol–water partition coefficient (Wildman–Crippen LogP) is 4.09. The average Bonchev–Trinajstić information content (AvgIpc) is 2.84. The van der Waals surface area contributed by atoms with Gasteiger partial charge in [0.25, 0.3) is 0 Å². The summed E-state index contributed by atoms with van der Waals surface area (Å²) in [5.74, 6) is -0.126. The number of anilines is 2. The van der Waals surface area contributed by atoms with Crippen molar-refractivity contribution in [2.24, 2.45) is 0 Å². The van der Waals surface area contributed by atoms with E-state index < -0.39 is 0 Å². The number of benzene rings is 2. The van der Waals surface area contributed by atoms with Crippen LogP contribution in [0.15, 0.2) is 36.4 Å². The molecule has 21 heavy (non-hydrogen) atoms. The summed E-state index contributed by atoms with van der Waals surface area (Å²) in [5.41, 5.74) is 4.41. The number of para-hydroxylation sites is 1. The molecule has 0 saturated heterocycles. The average molecular weight is 283 g/mol. The molecule has 1 aliphatic rings. The molecule has 0 unspecified atom stereocenters. The Bertz CT molecular complexity index is 686. The summed E-state index contributed by atoms with van der Waals surface area (Å²) in [6, 6.07) is 11.7.